The number of phenolic OH excluding ortho intramolecular Hbond substituents is 1. The monoisotopic (exact) mass is 321 g/mol. The first-order chi connectivity index (χ1) is 10.5. The highest BCUT2D eigenvalue weighted by Gasteiger charge is 2.22. The molecular weight excluding hydrogens is 312 g/mol. The third-order valence-electron chi connectivity index (χ3n) is 3.33. The highest BCUT2D eigenvalue weighted by molar-refractivity contribution is 6.33. The summed E-state index contributed by atoms with van der Waals surface area (Å²) in [7, 11) is 0. The van der Waals surface area contributed by atoms with Crippen molar-refractivity contribution < 1.29 is 18.4 Å². The van der Waals surface area contributed by atoms with E-state index in [-0.39, 0.29) is 34.0 Å². The molecule has 0 aliphatic heterocycles. The molecule has 0 amide bonds. The van der Waals surface area contributed by atoms with E-state index >= 15 is 0 Å². The fourth-order valence-electron chi connectivity index (χ4n) is 2.33. The number of allylic oxidation sites excluding steroid dienone is 1. The van der Waals surface area contributed by atoms with Crippen molar-refractivity contribution in [3.63, 3.8) is 0 Å². The molecule has 3 nitrogen and oxygen atoms in total. The molecule has 0 saturated carbocycles. The quantitative estimate of drug-likeness (QED) is 0.701. The molecule has 0 spiro atoms. The molecule has 6 heteroatoms. The van der Waals surface area contributed by atoms with Gasteiger partial charge in [0.25, 0.3) is 0 Å². The van der Waals surface area contributed by atoms with Gasteiger partial charge in [-0.15, -0.1) is 6.58 Å². The molecule has 0 fully saturated rings. The van der Waals surface area contributed by atoms with Crippen LogP contribution in [0.5, 0.6) is 5.75 Å². The molecular formula is C16H10ClF2NO2. The molecule has 0 aliphatic rings. The molecule has 0 atom stereocenters. The molecule has 1 N–H and O–H groups in total. The Labute approximate surface area is 129 Å². The van der Waals surface area contributed by atoms with Crippen LogP contribution in [0.1, 0.15) is 5.56 Å². The Balaban J connectivity index is 2.36. The number of phenols is 1. The topological polar surface area (TPSA) is 46.3 Å². The van der Waals surface area contributed by atoms with E-state index in [9.17, 15) is 13.9 Å². The highest BCUT2D eigenvalue weighted by atomic mass is 35.5. The van der Waals surface area contributed by atoms with Gasteiger partial charge in [0.05, 0.1) is 16.0 Å². The summed E-state index contributed by atoms with van der Waals surface area (Å²) in [5.41, 5.74) is 0.290. The third-order valence-corrected chi connectivity index (χ3v) is 3.62. The number of nitrogens with zero attached hydrogens (tertiary/aromatic N) is 1. The maximum atomic E-state index is 13.9. The van der Waals surface area contributed by atoms with Crippen LogP contribution >= 0.6 is 11.6 Å². The summed E-state index contributed by atoms with van der Waals surface area (Å²) in [6, 6.07) is 4.89. The van der Waals surface area contributed by atoms with Gasteiger partial charge in [0.1, 0.15) is 23.1 Å². The minimum atomic E-state index is -0.760. The maximum absolute atomic E-state index is 13.9. The molecule has 0 unspecified atom stereocenters. The van der Waals surface area contributed by atoms with Crippen LogP contribution < -0.4 is 0 Å². The van der Waals surface area contributed by atoms with Crippen molar-refractivity contribution in [3.8, 4) is 17.0 Å². The van der Waals surface area contributed by atoms with Gasteiger partial charge in [-0.25, -0.2) is 8.78 Å². The van der Waals surface area contributed by atoms with Crippen LogP contribution in [0.15, 0.2) is 41.4 Å². The molecule has 0 aliphatic carbocycles. The predicted octanol–water partition coefficient (Wildman–Crippen LogP) is 4.86. The first kappa shape index (κ1) is 14.5. The fourth-order valence-corrected chi connectivity index (χ4v) is 2.56. The van der Waals surface area contributed by atoms with Gasteiger partial charge in [-0.2, -0.15) is 0 Å². The Hall–Kier alpha value is -2.40. The lowest BCUT2D eigenvalue weighted by Crippen LogP contribution is -1.91. The van der Waals surface area contributed by atoms with E-state index in [4.69, 9.17) is 16.1 Å². The molecule has 0 saturated heterocycles. The number of hydrogen-bond donors (Lipinski definition) is 1. The number of aromatic nitrogens is 1. The smallest absolute Gasteiger partial charge is 0.174 e. The molecule has 0 radical (unpaired) electrons. The lowest BCUT2D eigenvalue weighted by molar-refractivity contribution is 0.445. The molecule has 1 heterocycles. The summed E-state index contributed by atoms with van der Waals surface area (Å²) in [4.78, 5) is 0. The van der Waals surface area contributed by atoms with Crippen LogP contribution in [0.2, 0.25) is 5.02 Å². The zero-order valence-electron chi connectivity index (χ0n) is 11.2. The average molecular weight is 322 g/mol. The number of fused-ring (bicyclic) bond motifs is 1. The van der Waals surface area contributed by atoms with Crippen molar-refractivity contribution in [1.29, 1.82) is 0 Å². The van der Waals surface area contributed by atoms with Crippen LogP contribution in [0, 0.1) is 11.6 Å². The zero-order chi connectivity index (χ0) is 15.9. The Morgan fingerprint density at radius 1 is 1.32 bits per heavy atom. The molecule has 3 rings (SSSR count). The molecule has 1 aromatic heterocycles. The van der Waals surface area contributed by atoms with E-state index in [0.717, 1.165) is 12.1 Å². The van der Waals surface area contributed by atoms with Gasteiger partial charge in [0.15, 0.2) is 5.58 Å². The second-order valence-electron chi connectivity index (χ2n) is 4.68. The lowest BCUT2D eigenvalue weighted by atomic mass is 10.0. The SMILES string of the molecule is C=CCc1c(O)c(Cl)cc2c(-c3c(F)cccc3F)noc12. The van der Waals surface area contributed by atoms with E-state index in [2.05, 4.69) is 11.7 Å². The van der Waals surface area contributed by atoms with Crippen molar-refractivity contribution in [3.05, 3.63) is 59.1 Å². The molecule has 3 aromatic rings. The normalized spacial score (nSPS) is 11.0. The van der Waals surface area contributed by atoms with Gasteiger partial charge in [-0.1, -0.05) is 28.9 Å². The van der Waals surface area contributed by atoms with Crippen molar-refractivity contribution in [1.82, 2.24) is 5.16 Å². The second-order valence-corrected chi connectivity index (χ2v) is 5.09. The molecule has 2 aromatic carbocycles. The van der Waals surface area contributed by atoms with E-state index in [1.54, 1.807) is 6.08 Å². The van der Waals surface area contributed by atoms with Crippen LogP contribution in [0.3, 0.4) is 0 Å². The molecule has 0 bridgehead atoms. The maximum Gasteiger partial charge on any atom is 0.174 e. The van der Waals surface area contributed by atoms with Gasteiger partial charge >= 0.3 is 0 Å². The summed E-state index contributed by atoms with van der Waals surface area (Å²) < 4.78 is 33.1. The van der Waals surface area contributed by atoms with Crippen LogP contribution in [0.4, 0.5) is 8.78 Å². The summed E-state index contributed by atoms with van der Waals surface area (Å²) in [5.74, 6) is -1.68. The Kier molecular flexibility index (Phi) is 3.58. The van der Waals surface area contributed by atoms with E-state index in [1.165, 1.54) is 12.1 Å². The number of aromatic hydroxyl groups is 1. The van der Waals surface area contributed by atoms with Crippen molar-refractivity contribution in [2.24, 2.45) is 0 Å². The molecule has 22 heavy (non-hydrogen) atoms. The van der Waals surface area contributed by atoms with Gasteiger partial charge in [0, 0.05) is 5.56 Å². The minimum Gasteiger partial charge on any atom is -0.506 e. The Bertz CT molecular complexity index is 869. The summed E-state index contributed by atoms with van der Waals surface area (Å²) in [6.45, 7) is 3.59. The largest absolute Gasteiger partial charge is 0.506 e. The van der Waals surface area contributed by atoms with Gasteiger partial charge < -0.3 is 9.63 Å². The Morgan fingerprint density at radius 3 is 2.64 bits per heavy atom. The zero-order valence-corrected chi connectivity index (χ0v) is 12.0. The van der Waals surface area contributed by atoms with Crippen molar-refractivity contribution in [2.75, 3.05) is 0 Å². The number of halogens is 3. The summed E-state index contributed by atoms with van der Waals surface area (Å²) >= 11 is 5.98. The number of benzene rings is 2. The molecule has 112 valence electrons. The van der Waals surface area contributed by atoms with Crippen LogP contribution in [-0.2, 0) is 6.42 Å². The third kappa shape index (κ3) is 2.14. The lowest BCUT2D eigenvalue weighted by Gasteiger charge is -2.05. The van der Waals surface area contributed by atoms with Crippen LogP contribution in [-0.4, -0.2) is 10.3 Å². The predicted molar refractivity (Wildman–Crippen MR) is 79.9 cm³/mol. The summed E-state index contributed by atoms with van der Waals surface area (Å²) in [5, 5.41) is 14.1. The first-order valence-corrected chi connectivity index (χ1v) is 6.77. The number of rotatable bonds is 3. The van der Waals surface area contributed by atoms with Crippen molar-refractivity contribution >= 4 is 22.6 Å². The van der Waals surface area contributed by atoms with Gasteiger partial charge in [-0.3, -0.25) is 0 Å². The Morgan fingerprint density at radius 2 is 2.00 bits per heavy atom. The van der Waals surface area contributed by atoms with E-state index in [1.807, 2.05) is 0 Å². The standard InChI is InChI=1S/C16H10ClF2NO2/c1-2-4-8-15(21)10(17)7-9-14(20-22-16(8)9)13-11(18)5-3-6-12(13)19/h2-3,5-7,21H,1,4H2. The van der Waals surface area contributed by atoms with E-state index < -0.39 is 11.6 Å². The second kappa shape index (κ2) is 5.42. The van der Waals surface area contributed by atoms with Crippen LogP contribution in [0.25, 0.3) is 22.2 Å². The highest BCUT2D eigenvalue weighted by Crippen LogP contribution is 2.40. The van der Waals surface area contributed by atoms with E-state index in [0.29, 0.717) is 10.9 Å². The average Bonchev–Trinajstić information content (AvgIpc) is 2.87. The summed E-state index contributed by atoms with van der Waals surface area (Å²) in [6.07, 6.45) is 1.83. The number of hydrogen-bond acceptors (Lipinski definition) is 3. The first-order valence-electron chi connectivity index (χ1n) is 6.39. The van der Waals surface area contributed by atoms with Crippen molar-refractivity contribution in [2.45, 2.75) is 6.42 Å². The van der Waals surface area contributed by atoms with Gasteiger partial charge in [-0.05, 0) is 24.6 Å². The minimum absolute atomic E-state index is 0.00203. The fraction of sp³-hybridized carbons (Fsp3) is 0.0625. The van der Waals surface area contributed by atoms with Gasteiger partial charge in [0.2, 0.25) is 0 Å².